The third-order valence-electron chi connectivity index (χ3n) is 6.30. The number of fused-ring (bicyclic) bond motifs is 2. The van der Waals surface area contributed by atoms with E-state index in [0.717, 1.165) is 11.1 Å². The Labute approximate surface area is 216 Å². The molecule has 2 aromatic carbocycles. The van der Waals surface area contributed by atoms with Crippen LogP contribution < -0.4 is 33.8 Å². The quantitative estimate of drug-likeness (QED) is 0.459. The number of carbonyl (C=O) groups is 1. The SMILES string of the molecule is CCOC(=O)C1=C(C)N=c2s/c(=C\c3cc4c(cc3C)OCO4)c(=O)n2[C@@H]1c1ccc(OC)cc1OC. The summed E-state index contributed by atoms with van der Waals surface area (Å²) < 4.78 is 29.3. The molecule has 0 radical (unpaired) electrons. The van der Waals surface area contributed by atoms with Crippen LogP contribution in [0.25, 0.3) is 6.08 Å². The largest absolute Gasteiger partial charge is 0.497 e. The van der Waals surface area contributed by atoms with E-state index in [2.05, 4.69) is 4.99 Å². The lowest BCUT2D eigenvalue weighted by Gasteiger charge is -2.26. The zero-order valence-corrected chi connectivity index (χ0v) is 21.9. The molecule has 192 valence electrons. The fraction of sp³-hybridized carbons (Fsp3) is 0.296. The van der Waals surface area contributed by atoms with Gasteiger partial charge in [0.1, 0.15) is 17.5 Å². The molecule has 0 bridgehead atoms. The smallest absolute Gasteiger partial charge is 0.338 e. The van der Waals surface area contributed by atoms with E-state index in [4.69, 9.17) is 23.7 Å². The summed E-state index contributed by atoms with van der Waals surface area (Å²) in [7, 11) is 3.09. The third kappa shape index (κ3) is 4.27. The second-order valence-corrected chi connectivity index (χ2v) is 9.48. The summed E-state index contributed by atoms with van der Waals surface area (Å²) >= 11 is 1.25. The first-order valence-electron chi connectivity index (χ1n) is 11.7. The van der Waals surface area contributed by atoms with Crippen molar-refractivity contribution in [3.8, 4) is 23.0 Å². The first kappa shape index (κ1) is 24.6. The summed E-state index contributed by atoms with van der Waals surface area (Å²) in [6.07, 6.45) is 1.81. The highest BCUT2D eigenvalue weighted by atomic mass is 32.1. The zero-order chi connectivity index (χ0) is 26.3. The molecule has 37 heavy (non-hydrogen) atoms. The van der Waals surface area contributed by atoms with Crippen LogP contribution in [0.1, 0.15) is 36.6 Å². The number of rotatable bonds is 6. The number of ether oxygens (including phenoxy) is 5. The number of nitrogens with zero attached hydrogens (tertiary/aromatic N) is 2. The van der Waals surface area contributed by atoms with Gasteiger partial charge in [0.25, 0.3) is 5.56 Å². The lowest BCUT2D eigenvalue weighted by molar-refractivity contribution is -0.139. The fourth-order valence-corrected chi connectivity index (χ4v) is 5.52. The van der Waals surface area contributed by atoms with Crippen molar-refractivity contribution in [2.45, 2.75) is 26.8 Å². The molecule has 0 fully saturated rings. The zero-order valence-electron chi connectivity index (χ0n) is 21.1. The lowest BCUT2D eigenvalue weighted by Crippen LogP contribution is -2.40. The number of carbonyl (C=O) groups excluding carboxylic acids is 1. The monoisotopic (exact) mass is 522 g/mol. The van der Waals surface area contributed by atoms with Gasteiger partial charge in [0.05, 0.1) is 36.6 Å². The maximum absolute atomic E-state index is 13.9. The molecule has 0 N–H and O–H groups in total. The minimum atomic E-state index is -0.795. The molecule has 10 heteroatoms. The molecule has 0 saturated heterocycles. The van der Waals surface area contributed by atoms with Crippen molar-refractivity contribution in [2.75, 3.05) is 27.6 Å². The van der Waals surface area contributed by atoms with Crippen LogP contribution in [0.3, 0.4) is 0 Å². The van der Waals surface area contributed by atoms with Crippen LogP contribution in [0.5, 0.6) is 23.0 Å². The van der Waals surface area contributed by atoms with E-state index < -0.39 is 12.0 Å². The molecule has 2 aliphatic rings. The fourth-order valence-electron chi connectivity index (χ4n) is 4.49. The van der Waals surface area contributed by atoms with Crippen molar-refractivity contribution >= 4 is 23.4 Å². The van der Waals surface area contributed by atoms with Crippen molar-refractivity contribution in [1.29, 1.82) is 0 Å². The normalized spacial score (nSPS) is 16.4. The molecule has 0 amide bonds. The topological polar surface area (TPSA) is 97.6 Å². The molecule has 9 nitrogen and oxygen atoms in total. The van der Waals surface area contributed by atoms with Gasteiger partial charge in [-0.05, 0) is 62.2 Å². The highest BCUT2D eigenvalue weighted by molar-refractivity contribution is 7.07. The van der Waals surface area contributed by atoms with E-state index in [1.807, 2.05) is 25.1 Å². The molecule has 0 saturated carbocycles. The van der Waals surface area contributed by atoms with E-state index in [0.29, 0.717) is 43.6 Å². The maximum Gasteiger partial charge on any atom is 0.338 e. The molecule has 0 unspecified atom stereocenters. The third-order valence-corrected chi connectivity index (χ3v) is 7.28. The Kier molecular flexibility index (Phi) is 6.51. The van der Waals surface area contributed by atoms with Crippen LogP contribution in [0, 0.1) is 6.92 Å². The molecule has 1 atom stereocenters. The Morgan fingerprint density at radius 2 is 1.92 bits per heavy atom. The van der Waals surface area contributed by atoms with Gasteiger partial charge in [0.15, 0.2) is 16.3 Å². The van der Waals surface area contributed by atoms with Crippen molar-refractivity contribution in [3.05, 3.63) is 78.0 Å². The van der Waals surface area contributed by atoms with Gasteiger partial charge < -0.3 is 23.7 Å². The maximum atomic E-state index is 13.9. The second-order valence-electron chi connectivity index (χ2n) is 8.47. The van der Waals surface area contributed by atoms with Crippen molar-refractivity contribution in [2.24, 2.45) is 4.99 Å². The van der Waals surface area contributed by atoms with Gasteiger partial charge in [-0.2, -0.15) is 0 Å². The Bertz CT molecular complexity index is 1620. The van der Waals surface area contributed by atoms with Gasteiger partial charge in [-0.1, -0.05) is 11.3 Å². The highest BCUT2D eigenvalue weighted by Gasteiger charge is 2.35. The summed E-state index contributed by atoms with van der Waals surface area (Å²) in [5.41, 5.74) is 2.86. The van der Waals surface area contributed by atoms with Crippen LogP contribution in [0.4, 0.5) is 0 Å². The van der Waals surface area contributed by atoms with Gasteiger partial charge >= 0.3 is 5.97 Å². The average Bonchev–Trinajstić information content (AvgIpc) is 3.46. The van der Waals surface area contributed by atoms with Gasteiger partial charge in [-0.25, -0.2) is 9.79 Å². The van der Waals surface area contributed by atoms with Crippen molar-refractivity contribution in [3.63, 3.8) is 0 Å². The molecule has 2 aliphatic heterocycles. The standard InChI is InChI=1S/C27H26N2O7S/c1-6-34-26(31)23-15(3)28-27-29(24(23)18-8-7-17(32-4)12-19(18)33-5)25(30)22(37-27)11-16-10-21-20(9-14(16)2)35-13-36-21/h7-12,24H,6,13H2,1-5H3/b22-11-/t24-/m1/s1. The van der Waals surface area contributed by atoms with E-state index in [1.54, 1.807) is 39.2 Å². The Morgan fingerprint density at radius 1 is 1.16 bits per heavy atom. The number of aromatic nitrogens is 1. The summed E-state index contributed by atoms with van der Waals surface area (Å²) in [5.74, 6) is 1.84. The number of esters is 1. The van der Waals surface area contributed by atoms with Gasteiger partial charge in [0.2, 0.25) is 6.79 Å². The van der Waals surface area contributed by atoms with Crippen LogP contribution in [-0.2, 0) is 9.53 Å². The molecule has 0 spiro atoms. The van der Waals surface area contributed by atoms with E-state index in [1.165, 1.54) is 23.0 Å². The molecule has 3 heterocycles. The van der Waals surface area contributed by atoms with Crippen LogP contribution in [0.15, 0.2) is 51.4 Å². The Hall–Kier alpha value is -4.05. The number of benzene rings is 2. The minimum absolute atomic E-state index is 0.167. The first-order chi connectivity index (χ1) is 17.9. The lowest BCUT2D eigenvalue weighted by atomic mass is 9.95. The Balaban J connectivity index is 1.74. The number of thiazole rings is 1. The summed E-state index contributed by atoms with van der Waals surface area (Å²) in [6.45, 7) is 5.78. The van der Waals surface area contributed by atoms with Gasteiger partial charge in [-0.15, -0.1) is 0 Å². The molecule has 5 rings (SSSR count). The predicted molar refractivity (Wildman–Crippen MR) is 137 cm³/mol. The van der Waals surface area contributed by atoms with Gasteiger partial charge in [-0.3, -0.25) is 9.36 Å². The predicted octanol–water partition coefficient (Wildman–Crippen LogP) is 2.85. The second kappa shape index (κ2) is 9.78. The van der Waals surface area contributed by atoms with E-state index in [-0.39, 0.29) is 24.5 Å². The van der Waals surface area contributed by atoms with E-state index >= 15 is 0 Å². The van der Waals surface area contributed by atoms with Crippen molar-refractivity contribution < 1.29 is 28.5 Å². The molecular weight excluding hydrogens is 496 g/mol. The number of methoxy groups -OCH3 is 2. The van der Waals surface area contributed by atoms with E-state index in [9.17, 15) is 9.59 Å². The summed E-state index contributed by atoms with van der Waals surface area (Å²) in [5, 5.41) is 0. The summed E-state index contributed by atoms with van der Waals surface area (Å²) in [6, 6.07) is 8.23. The first-order valence-corrected chi connectivity index (χ1v) is 12.5. The van der Waals surface area contributed by atoms with Crippen LogP contribution in [0.2, 0.25) is 0 Å². The van der Waals surface area contributed by atoms with Gasteiger partial charge in [0, 0.05) is 11.6 Å². The van der Waals surface area contributed by atoms with Crippen LogP contribution in [-0.4, -0.2) is 38.2 Å². The van der Waals surface area contributed by atoms with Crippen molar-refractivity contribution in [1.82, 2.24) is 4.57 Å². The average molecular weight is 523 g/mol. The molecular formula is C27H26N2O7S. The molecule has 0 aliphatic carbocycles. The highest BCUT2D eigenvalue weighted by Crippen LogP contribution is 2.38. The number of hydrogen-bond donors (Lipinski definition) is 0. The molecule has 1 aromatic heterocycles. The Morgan fingerprint density at radius 3 is 2.62 bits per heavy atom. The van der Waals surface area contributed by atoms with Crippen LogP contribution >= 0.6 is 11.3 Å². The number of hydrogen-bond acceptors (Lipinski definition) is 9. The summed E-state index contributed by atoms with van der Waals surface area (Å²) in [4.78, 5) is 32.1. The molecule has 3 aromatic rings. The number of allylic oxidation sites excluding steroid dienone is 1. The number of aryl methyl sites for hydroxylation is 1. The minimum Gasteiger partial charge on any atom is -0.497 e.